The van der Waals surface area contributed by atoms with E-state index in [1.807, 2.05) is 13.0 Å². The molecule has 0 radical (unpaired) electrons. The number of nitrogens with one attached hydrogen (secondary N) is 2. The minimum atomic E-state index is -1.20. The molecule has 0 saturated carbocycles. The lowest BCUT2D eigenvalue weighted by Gasteiger charge is -2.42. The number of ether oxygens (including phenoxy) is 1. The summed E-state index contributed by atoms with van der Waals surface area (Å²) in [7, 11) is 3.89. The van der Waals surface area contributed by atoms with Gasteiger partial charge in [0.25, 0.3) is 0 Å². The highest BCUT2D eigenvalue weighted by Crippen LogP contribution is 2.37. The van der Waals surface area contributed by atoms with Crippen LogP contribution < -0.4 is 20.3 Å². The molecule has 0 atom stereocenters. The molecule has 9 nitrogen and oxygen atoms in total. The Morgan fingerprint density at radius 3 is 2.40 bits per heavy atom. The van der Waals surface area contributed by atoms with E-state index >= 15 is 0 Å². The Labute approximate surface area is 252 Å². The molecule has 5 rings (SSSR count). The highest BCUT2D eigenvalue weighted by molar-refractivity contribution is 6.32. The summed E-state index contributed by atoms with van der Waals surface area (Å²) in [5.74, 6) is 0.937. The standard InChI is InChI=1S/C31H41ClFN7O2/c1-20-16-27(40-10-8-22(9-11-40)39-14-12-38(4)13-15-39)28(42-5)18-25(20)36-30-34-19-24(32)29(37-30)35-26-17-21(33)6-7-23(26)31(2,3)41/h6-7,16-19,22,41H,8-15H2,1-5H3,(H2,34,35,36,37). The van der Waals surface area contributed by atoms with Crippen LogP contribution in [0.2, 0.25) is 5.02 Å². The zero-order valence-corrected chi connectivity index (χ0v) is 25.8. The Hall–Kier alpha value is -3.18. The molecule has 42 heavy (non-hydrogen) atoms. The number of piperidine rings is 1. The number of aliphatic hydroxyl groups is 1. The zero-order valence-electron chi connectivity index (χ0n) is 25.0. The number of hydrogen-bond acceptors (Lipinski definition) is 9. The predicted octanol–water partition coefficient (Wildman–Crippen LogP) is 5.52. The maximum absolute atomic E-state index is 14.1. The van der Waals surface area contributed by atoms with Crippen LogP contribution >= 0.6 is 11.6 Å². The maximum atomic E-state index is 14.1. The van der Waals surface area contributed by atoms with E-state index in [9.17, 15) is 9.50 Å². The van der Waals surface area contributed by atoms with Crippen molar-refractivity contribution in [1.29, 1.82) is 0 Å². The summed E-state index contributed by atoms with van der Waals surface area (Å²) < 4.78 is 19.9. The summed E-state index contributed by atoms with van der Waals surface area (Å²) in [5, 5.41) is 17.2. The van der Waals surface area contributed by atoms with Gasteiger partial charge in [0.15, 0.2) is 5.82 Å². The van der Waals surface area contributed by atoms with E-state index in [4.69, 9.17) is 16.3 Å². The lowest BCUT2D eigenvalue weighted by molar-refractivity contribution is 0.0793. The second-order valence-corrected chi connectivity index (χ2v) is 12.2. The monoisotopic (exact) mass is 597 g/mol. The van der Waals surface area contributed by atoms with E-state index < -0.39 is 11.4 Å². The molecule has 0 amide bonds. The third-order valence-electron chi connectivity index (χ3n) is 8.27. The van der Waals surface area contributed by atoms with Gasteiger partial charge in [-0.05, 0) is 64.4 Å². The van der Waals surface area contributed by atoms with Gasteiger partial charge >= 0.3 is 0 Å². The summed E-state index contributed by atoms with van der Waals surface area (Å²) in [4.78, 5) is 16.4. The fourth-order valence-electron chi connectivity index (χ4n) is 5.79. The molecule has 1 aromatic heterocycles. The fourth-order valence-corrected chi connectivity index (χ4v) is 5.93. The molecule has 3 N–H and O–H groups in total. The maximum Gasteiger partial charge on any atom is 0.229 e. The first-order valence-electron chi connectivity index (χ1n) is 14.5. The molecule has 0 aliphatic carbocycles. The Kier molecular flexibility index (Phi) is 9.08. The number of hydrogen-bond donors (Lipinski definition) is 3. The summed E-state index contributed by atoms with van der Waals surface area (Å²) in [6, 6.07) is 8.91. The Morgan fingerprint density at radius 1 is 1.02 bits per heavy atom. The molecule has 2 aliphatic rings. The van der Waals surface area contributed by atoms with Crippen LogP contribution in [-0.2, 0) is 5.60 Å². The summed E-state index contributed by atoms with van der Waals surface area (Å²) >= 11 is 6.41. The van der Waals surface area contributed by atoms with Gasteiger partial charge in [0, 0.05) is 68.3 Å². The average molecular weight is 598 g/mol. The summed E-state index contributed by atoms with van der Waals surface area (Å²) in [5.41, 5.74) is 2.59. The Balaban J connectivity index is 1.31. The van der Waals surface area contributed by atoms with Crippen molar-refractivity contribution in [2.45, 2.75) is 45.3 Å². The molecule has 2 aromatic carbocycles. The minimum absolute atomic E-state index is 0.260. The average Bonchev–Trinajstić information content (AvgIpc) is 2.95. The minimum Gasteiger partial charge on any atom is -0.495 e. The van der Waals surface area contributed by atoms with Crippen LogP contribution in [0.5, 0.6) is 5.75 Å². The summed E-state index contributed by atoms with van der Waals surface area (Å²) in [6.45, 7) is 11.9. The van der Waals surface area contributed by atoms with E-state index in [2.05, 4.69) is 48.4 Å². The number of rotatable bonds is 8. The van der Waals surface area contributed by atoms with Crippen LogP contribution in [0.1, 0.15) is 37.8 Å². The van der Waals surface area contributed by atoms with Crippen LogP contribution in [0.3, 0.4) is 0 Å². The van der Waals surface area contributed by atoms with E-state index in [0.29, 0.717) is 23.2 Å². The number of methoxy groups -OCH3 is 1. The van der Waals surface area contributed by atoms with Gasteiger partial charge in [0.05, 0.1) is 24.6 Å². The van der Waals surface area contributed by atoms with Crippen molar-refractivity contribution in [2.75, 3.05) is 69.0 Å². The van der Waals surface area contributed by atoms with Crippen molar-refractivity contribution < 1.29 is 14.2 Å². The first-order valence-corrected chi connectivity index (χ1v) is 14.8. The lowest BCUT2D eigenvalue weighted by atomic mass is 9.96. The lowest BCUT2D eigenvalue weighted by Crippen LogP contribution is -2.52. The van der Waals surface area contributed by atoms with E-state index in [0.717, 1.165) is 74.8 Å². The van der Waals surface area contributed by atoms with Crippen LogP contribution in [0.4, 0.5) is 33.2 Å². The number of benzene rings is 2. The van der Waals surface area contributed by atoms with Crippen LogP contribution in [0, 0.1) is 12.7 Å². The molecule has 3 heterocycles. The molecule has 2 aliphatic heterocycles. The van der Waals surface area contributed by atoms with Crippen molar-refractivity contribution >= 4 is 40.4 Å². The first-order chi connectivity index (χ1) is 20.0. The Bertz CT molecular complexity index is 1400. The largest absolute Gasteiger partial charge is 0.495 e. The second-order valence-electron chi connectivity index (χ2n) is 11.8. The summed E-state index contributed by atoms with van der Waals surface area (Å²) in [6.07, 6.45) is 3.76. The number of aromatic nitrogens is 2. The topological polar surface area (TPSA) is 89.0 Å². The molecule has 0 unspecified atom stereocenters. The van der Waals surface area contributed by atoms with Crippen molar-refractivity contribution in [3.8, 4) is 5.75 Å². The highest BCUT2D eigenvalue weighted by atomic mass is 35.5. The molecule has 0 spiro atoms. The molecule has 11 heteroatoms. The molecule has 2 fully saturated rings. The van der Waals surface area contributed by atoms with Crippen molar-refractivity contribution in [3.05, 3.63) is 58.5 Å². The third-order valence-corrected chi connectivity index (χ3v) is 8.55. The van der Waals surface area contributed by atoms with E-state index in [1.54, 1.807) is 21.0 Å². The Morgan fingerprint density at radius 2 is 1.74 bits per heavy atom. The molecule has 0 bridgehead atoms. The number of piperazine rings is 1. The normalized spacial score (nSPS) is 17.4. The van der Waals surface area contributed by atoms with Gasteiger partial charge in [-0.1, -0.05) is 17.7 Å². The van der Waals surface area contributed by atoms with Crippen molar-refractivity contribution in [3.63, 3.8) is 0 Å². The van der Waals surface area contributed by atoms with Crippen LogP contribution in [0.25, 0.3) is 0 Å². The van der Waals surface area contributed by atoms with Gasteiger partial charge in [-0.25, -0.2) is 9.37 Å². The number of anilines is 5. The van der Waals surface area contributed by atoms with Gasteiger partial charge in [-0.2, -0.15) is 4.98 Å². The third kappa shape index (κ3) is 6.89. The zero-order chi connectivity index (χ0) is 30.0. The SMILES string of the molecule is COc1cc(Nc2ncc(Cl)c(Nc3cc(F)ccc3C(C)(C)O)n2)c(C)cc1N1CCC(N2CCN(C)CC2)CC1. The number of likely N-dealkylation sites (N-methyl/N-ethyl adjacent to an activating group) is 1. The van der Waals surface area contributed by atoms with Crippen molar-refractivity contribution in [1.82, 2.24) is 19.8 Å². The quantitative estimate of drug-likeness (QED) is 0.311. The van der Waals surface area contributed by atoms with Gasteiger partial charge in [-0.15, -0.1) is 0 Å². The van der Waals surface area contributed by atoms with Crippen molar-refractivity contribution in [2.24, 2.45) is 0 Å². The van der Waals surface area contributed by atoms with Gasteiger partial charge < -0.3 is 30.3 Å². The fraction of sp³-hybridized carbons (Fsp3) is 0.484. The van der Waals surface area contributed by atoms with Crippen LogP contribution in [-0.4, -0.2) is 84.3 Å². The number of nitrogens with zero attached hydrogens (tertiary/aromatic N) is 5. The number of aryl methyl sites for hydroxylation is 1. The van der Waals surface area contributed by atoms with Gasteiger partial charge in [0.2, 0.25) is 5.95 Å². The van der Waals surface area contributed by atoms with Crippen LogP contribution in [0.15, 0.2) is 36.5 Å². The predicted molar refractivity (Wildman–Crippen MR) is 167 cm³/mol. The first kappa shape index (κ1) is 30.3. The molecular formula is C31H41ClFN7O2. The second kappa shape index (κ2) is 12.6. The highest BCUT2D eigenvalue weighted by Gasteiger charge is 2.28. The molecule has 2 saturated heterocycles. The number of halogens is 2. The van der Waals surface area contributed by atoms with E-state index in [1.165, 1.54) is 24.4 Å². The molecule has 3 aromatic rings. The molecular weight excluding hydrogens is 557 g/mol. The van der Waals surface area contributed by atoms with Gasteiger partial charge in [-0.3, -0.25) is 4.90 Å². The van der Waals surface area contributed by atoms with E-state index in [-0.39, 0.29) is 10.8 Å². The molecule has 226 valence electrons. The van der Waals surface area contributed by atoms with Gasteiger partial charge in [0.1, 0.15) is 16.6 Å². The smallest absolute Gasteiger partial charge is 0.229 e.